The van der Waals surface area contributed by atoms with Crippen molar-refractivity contribution < 1.29 is 44.7 Å². The third-order valence-electron chi connectivity index (χ3n) is 9.38. The molecule has 4 heterocycles. The number of carbonyl (C=O) groups is 3. The fourth-order valence-corrected chi connectivity index (χ4v) is 8.10. The van der Waals surface area contributed by atoms with Gasteiger partial charge in [-0.3, -0.25) is 9.59 Å². The van der Waals surface area contributed by atoms with Crippen LogP contribution in [0.25, 0.3) is 0 Å². The maximum Gasteiger partial charge on any atom is 0.331 e. The predicted molar refractivity (Wildman–Crippen MR) is 211 cm³/mol. The number of anilines is 5. The summed E-state index contributed by atoms with van der Waals surface area (Å²) in [6.07, 6.45) is 2.50. The summed E-state index contributed by atoms with van der Waals surface area (Å²) in [4.78, 5) is 52.7. The number of ether oxygens (including phenoxy) is 1. The summed E-state index contributed by atoms with van der Waals surface area (Å²) >= 11 is 0. The van der Waals surface area contributed by atoms with Gasteiger partial charge in [0.1, 0.15) is 34.0 Å². The van der Waals surface area contributed by atoms with E-state index in [9.17, 15) is 35.6 Å². The van der Waals surface area contributed by atoms with Crippen molar-refractivity contribution >= 4 is 66.7 Å². The van der Waals surface area contributed by atoms with E-state index in [1.54, 1.807) is 18.7 Å². The van der Waals surface area contributed by atoms with Gasteiger partial charge in [-0.25, -0.2) is 49.6 Å². The molecule has 6 rings (SSSR count). The first-order valence-electron chi connectivity index (χ1n) is 17.9. The van der Waals surface area contributed by atoms with Crippen LogP contribution in [0.2, 0.25) is 0 Å². The highest BCUT2D eigenvalue weighted by molar-refractivity contribution is 7.89. The molecule has 0 aliphatic carbocycles. The quantitative estimate of drug-likeness (QED) is 0.195. The Morgan fingerprint density at radius 2 is 1.60 bits per heavy atom. The van der Waals surface area contributed by atoms with E-state index < -0.39 is 55.4 Å². The van der Waals surface area contributed by atoms with Crippen LogP contribution < -0.4 is 25.2 Å². The van der Waals surface area contributed by atoms with E-state index in [0.29, 0.717) is 0 Å². The van der Waals surface area contributed by atoms with Crippen molar-refractivity contribution in [2.45, 2.75) is 24.8 Å². The number of nitrogens with one attached hydrogen (secondary N) is 2. The van der Waals surface area contributed by atoms with Crippen molar-refractivity contribution in [2.24, 2.45) is 5.92 Å². The highest BCUT2D eigenvalue weighted by atomic mass is 32.2. The second-order valence-electron chi connectivity index (χ2n) is 13.9. The highest BCUT2D eigenvalue weighted by Gasteiger charge is 2.44. The van der Waals surface area contributed by atoms with Crippen molar-refractivity contribution in [2.75, 3.05) is 73.5 Å². The monoisotopic (exact) mass is 841 g/mol. The number of nitrogens with zero attached hydrogens (tertiary/aromatic N) is 7. The van der Waals surface area contributed by atoms with Crippen LogP contribution in [0, 0.1) is 17.6 Å². The van der Waals surface area contributed by atoms with Crippen molar-refractivity contribution in [1.82, 2.24) is 23.5 Å². The number of imide groups is 1. The lowest BCUT2D eigenvalue weighted by Crippen LogP contribution is -2.61. The molecule has 0 spiro atoms. The lowest BCUT2D eigenvalue weighted by Gasteiger charge is -2.39. The SMILES string of the molecule is CC(C)N1CC(C(=O)Nc2ccc(Oc3ccnc(Nc4ccc(S(=O)(=O)N(C)C)c(N5CCN(S(C)(=O)=O)CC5)n4)c3)c(F)c2)C(=O)N(c2ccc(F)cc2)C1=O. The molecule has 2 aliphatic rings. The Kier molecular flexibility index (Phi) is 12.0. The molecule has 58 heavy (non-hydrogen) atoms. The van der Waals surface area contributed by atoms with Gasteiger partial charge in [-0.2, -0.15) is 4.31 Å². The van der Waals surface area contributed by atoms with Crippen LogP contribution in [0.3, 0.4) is 0 Å². The lowest BCUT2D eigenvalue weighted by atomic mass is 10.0. The number of urea groups is 1. The predicted octanol–water partition coefficient (Wildman–Crippen LogP) is 4.05. The van der Waals surface area contributed by atoms with Crippen molar-refractivity contribution in [3.63, 3.8) is 0 Å². The van der Waals surface area contributed by atoms with Crippen molar-refractivity contribution in [3.8, 4) is 11.5 Å². The fourth-order valence-electron chi connectivity index (χ4n) is 6.24. The molecule has 2 fully saturated rings. The number of aromatic nitrogens is 2. The summed E-state index contributed by atoms with van der Waals surface area (Å²) in [6, 6.07) is 13.1. The van der Waals surface area contributed by atoms with Crippen molar-refractivity contribution in [1.29, 1.82) is 0 Å². The Bertz CT molecular complexity index is 2450. The molecule has 2 N–H and O–H groups in total. The first kappa shape index (κ1) is 41.9. The summed E-state index contributed by atoms with van der Waals surface area (Å²) in [6.45, 7) is 3.90. The van der Waals surface area contributed by atoms with Gasteiger partial charge in [-0.15, -0.1) is 0 Å². The molecule has 17 nitrogen and oxygen atoms in total. The number of piperazine rings is 1. The molecule has 0 radical (unpaired) electrons. The van der Waals surface area contributed by atoms with Gasteiger partial charge in [0.05, 0.1) is 11.9 Å². The van der Waals surface area contributed by atoms with Crippen LogP contribution in [0.4, 0.5) is 42.4 Å². The molecule has 308 valence electrons. The van der Waals surface area contributed by atoms with E-state index in [1.807, 2.05) is 0 Å². The maximum atomic E-state index is 15.4. The van der Waals surface area contributed by atoms with Gasteiger partial charge in [0.2, 0.25) is 31.9 Å². The Balaban J connectivity index is 1.16. The van der Waals surface area contributed by atoms with Gasteiger partial charge in [0.15, 0.2) is 17.4 Å². The van der Waals surface area contributed by atoms with Gasteiger partial charge in [-0.1, -0.05) is 0 Å². The fraction of sp³-hybridized carbons (Fsp3) is 0.324. The summed E-state index contributed by atoms with van der Waals surface area (Å²) in [7, 11) is -4.59. The molecule has 2 saturated heterocycles. The van der Waals surface area contributed by atoms with E-state index in [4.69, 9.17) is 4.74 Å². The zero-order valence-corrected chi connectivity index (χ0v) is 33.7. The first-order chi connectivity index (χ1) is 27.3. The molecule has 2 aliphatic heterocycles. The van der Waals surface area contributed by atoms with Crippen LogP contribution in [0.5, 0.6) is 11.5 Å². The Morgan fingerprint density at radius 3 is 2.22 bits per heavy atom. The van der Waals surface area contributed by atoms with Crippen LogP contribution in [0.1, 0.15) is 13.8 Å². The number of rotatable bonds is 12. The van der Waals surface area contributed by atoms with Crippen molar-refractivity contribution in [3.05, 3.63) is 84.6 Å². The maximum absolute atomic E-state index is 15.4. The normalized spacial score (nSPS) is 16.9. The average molecular weight is 842 g/mol. The zero-order valence-electron chi connectivity index (χ0n) is 32.1. The van der Waals surface area contributed by atoms with Crippen LogP contribution >= 0.6 is 0 Å². The van der Waals surface area contributed by atoms with Gasteiger partial charge < -0.3 is 25.2 Å². The van der Waals surface area contributed by atoms with Crippen LogP contribution in [-0.2, 0) is 29.6 Å². The number of carbonyl (C=O) groups excluding carboxylic acids is 3. The summed E-state index contributed by atoms with van der Waals surface area (Å²) in [5.41, 5.74) is 0.110. The molecular weight excluding hydrogens is 801 g/mol. The molecular formula is C37H41F2N9O8S2. The smallest absolute Gasteiger partial charge is 0.331 e. The minimum atomic E-state index is -3.94. The molecule has 0 saturated carbocycles. The average Bonchev–Trinajstić information content (AvgIpc) is 3.16. The minimum Gasteiger partial charge on any atom is -0.454 e. The zero-order chi connectivity index (χ0) is 42.1. The van der Waals surface area contributed by atoms with E-state index in [0.717, 1.165) is 33.7 Å². The number of halogens is 2. The van der Waals surface area contributed by atoms with E-state index in [1.165, 1.54) is 78.0 Å². The second-order valence-corrected chi connectivity index (χ2v) is 18.0. The second kappa shape index (κ2) is 16.6. The number of amides is 4. The number of sulfonamides is 2. The third-order valence-corrected chi connectivity index (χ3v) is 12.5. The van der Waals surface area contributed by atoms with E-state index >= 15 is 4.39 Å². The molecule has 1 atom stereocenters. The van der Waals surface area contributed by atoms with Gasteiger partial charge in [0.25, 0.3) is 0 Å². The molecule has 0 bridgehead atoms. The topological polar surface area (TPSA) is 195 Å². The number of benzene rings is 2. The number of hydrogen-bond donors (Lipinski definition) is 2. The summed E-state index contributed by atoms with van der Waals surface area (Å²) in [5, 5.41) is 5.54. The molecule has 21 heteroatoms. The lowest BCUT2D eigenvalue weighted by molar-refractivity contribution is -0.132. The van der Waals surface area contributed by atoms with Crippen LogP contribution in [-0.4, -0.2) is 117 Å². The standard InChI is InChI=1S/C37H41F2N9O8S2/c1-23(2)47-22-28(36(50)48(37(47)51)26-9-6-24(38)7-10-26)35(49)41-25-8-11-30(29(39)20-25)56-27-14-15-40-33(21-27)42-32-13-12-31(58(54,55)44(3)4)34(43-32)45-16-18-46(19-17-45)57(5,52)53/h6-15,20-21,23,28H,16-19,22H2,1-5H3,(H,41,49)(H,40,42,43). The molecule has 1 unspecified atom stereocenters. The highest BCUT2D eigenvalue weighted by Crippen LogP contribution is 2.32. The number of pyridine rings is 2. The first-order valence-corrected chi connectivity index (χ1v) is 21.2. The van der Waals surface area contributed by atoms with Gasteiger partial charge >= 0.3 is 6.03 Å². The summed E-state index contributed by atoms with van der Waals surface area (Å²) < 4.78 is 87.7. The van der Waals surface area contributed by atoms with Crippen LogP contribution in [0.15, 0.2) is 77.8 Å². The third kappa shape index (κ3) is 9.01. The Labute approximate surface area is 334 Å². The molecule has 2 aromatic carbocycles. The Morgan fingerprint density at radius 1 is 0.914 bits per heavy atom. The van der Waals surface area contributed by atoms with E-state index in [2.05, 4.69) is 20.6 Å². The van der Waals surface area contributed by atoms with Gasteiger partial charge in [-0.05, 0) is 68.4 Å². The Hall–Kier alpha value is -5.77. The molecule has 4 aromatic rings. The van der Waals surface area contributed by atoms with E-state index in [-0.39, 0.29) is 84.0 Å². The largest absolute Gasteiger partial charge is 0.454 e. The minimum absolute atomic E-state index is 0.0143. The molecule has 4 amide bonds. The summed E-state index contributed by atoms with van der Waals surface area (Å²) in [5.74, 6) is -3.88. The van der Waals surface area contributed by atoms with Gasteiger partial charge in [0, 0.05) is 76.9 Å². The molecule has 2 aromatic heterocycles. The number of hydrogen-bond acceptors (Lipinski definition) is 12.